The Morgan fingerprint density at radius 3 is 2.67 bits per heavy atom. The Morgan fingerprint density at radius 2 is 2.20 bits per heavy atom. The van der Waals surface area contributed by atoms with Crippen molar-refractivity contribution in [3.8, 4) is 0 Å². The molecule has 0 aliphatic rings. The quantitative estimate of drug-likeness (QED) is 0.571. The van der Waals surface area contributed by atoms with E-state index in [4.69, 9.17) is 9.84 Å². The molecule has 1 atom stereocenters. The Morgan fingerprint density at radius 1 is 1.53 bits per heavy atom. The van der Waals surface area contributed by atoms with E-state index in [1.54, 1.807) is 7.11 Å². The van der Waals surface area contributed by atoms with Crippen LogP contribution in [0, 0.1) is 0 Å². The molecule has 0 heterocycles. The standard InChI is InChI=1S/C10H22N2O3/c1-4-9(10(13)14)11-5-6-12(2)7-8-15-3/h9,11H,4-8H2,1-3H3,(H,13,14). The van der Waals surface area contributed by atoms with E-state index in [1.165, 1.54) is 0 Å². The number of carboxylic acids is 1. The van der Waals surface area contributed by atoms with E-state index in [1.807, 2.05) is 14.0 Å². The number of likely N-dealkylation sites (N-methyl/N-ethyl adjacent to an activating group) is 1. The predicted molar refractivity (Wildman–Crippen MR) is 59.1 cm³/mol. The first-order chi connectivity index (χ1) is 7.11. The van der Waals surface area contributed by atoms with Gasteiger partial charge >= 0.3 is 5.97 Å². The van der Waals surface area contributed by atoms with Crippen LogP contribution in [0.25, 0.3) is 0 Å². The molecule has 90 valence electrons. The van der Waals surface area contributed by atoms with Crippen LogP contribution >= 0.6 is 0 Å². The van der Waals surface area contributed by atoms with Gasteiger partial charge in [0, 0.05) is 26.7 Å². The van der Waals surface area contributed by atoms with Crippen molar-refractivity contribution in [2.75, 3.05) is 40.4 Å². The van der Waals surface area contributed by atoms with Gasteiger partial charge in [-0.05, 0) is 13.5 Å². The molecule has 5 heteroatoms. The maximum absolute atomic E-state index is 10.7. The van der Waals surface area contributed by atoms with Crippen LogP contribution in [0.15, 0.2) is 0 Å². The number of carbonyl (C=O) groups is 1. The molecular weight excluding hydrogens is 196 g/mol. The predicted octanol–water partition coefficient (Wildman–Crippen LogP) is 0.0174. The number of ether oxygens (including phenoxy) is 1. The molecule has 0 bridgehead atoms. The molecule has 0 amide bonds. The summed E-state index contributed by atoms with van der Waals surface area (Å²) in [4.78, 5) is 12.8. The fourth-order valence-electron chi connectivity index (χ4n) is 1.19. The molecule has 0 aromatic heterocycles. The van der Waals surface area contributed by atoms with Crippen LogP contribution in [-0.2, 0) is 9.53 Å². The third kappa shape index (κ3) is 7.30. The van der Waals surface area contributed by atoms with Crippen LogP contribution in [-0.4, -0.2) is 62.4 Å². The van der Waals surface area contributed by atoms with Gasteiger partial charge in [-0.25, -0.2) is 0 Å². The third-order valence-electron chi connectivity index (χ3n) is 2.27. The number of hydrogen-bond acceptors (Lipinski definition) is 4. The normalized spacial score (nSPS) is 13.1. The Hall–Kier alpha value is -0.650. The summed E-state index contributed by atoms with van der Waals surface area (Å²) in [6, 6.07) is -0.430. The van der Waals surface area contributed by atoms with E-state index in [0.29, 0.717) is 19.6 Å². The van der Waals surface area contributed by atoms with E-state index in [9.17, 15) is 4.79 Å². The SMILES string of the molecule is CCC(NCCN(C)CCOC)C(=O)O. The van der Waals surface area contributed by atoms with Crippen molar-refractivity contribution in [2.45, 2.75) is 19.4 Å². The maximum Gasteiger partial charge on any atom is 0.320 e. The molecule has 0 fully saturated rings. The van der Waals surface area contributed by atoms with Gasteiger partial charge in [-0.15, -0.1) is 0 Å². The summed E-state index contributed by atoms with van der Waals surface area (Å²) in [6.07, 6.45) is 0.608. The van der Waals surface area contributed by atoms with Gasteiger partial charge in [-0.3, -0.25) is 4.79 Å². The highest BCUT2D eigenvalue weighted by Crippen LogP contribution is 1.90. The number of methoxy groups -OCH3 is 1. The van der Waals surface area contributed by atoms with Crippen molar-refractivity contribution >= 4 is 5.97 Å². The lowest BCUT2D eigenvalue weighted by molar-refractivity contribution is -0.139. The summed E-state index contributed by atoms with van der Waals surface area (Å²) in [7, 11) is 3.66. The lowest BCUT2D eigenvalue weighted by Gasteiger charge is -2.18. The molecule has 0 radical (unpaired) electrons. The topological polar surface area (TPSA) is 61.8 Å². The monoisotopic (exact) mass is 218 g/mol. The van der Waals surface area contributed by atoms with Crippen molar-refractivity contribution in [3.63, 3.8) is 0 Å². The summed E-state index contributed by atoms with van der Waals surface area (Å²) < 4.78 is 4.94. The molecule has 0 aromatic rings. The molecule has 5 nitrogen and oxygen atoms in total. The smallest absolute Gasteiger partial charge is 0.320 e. The van der Waals surface area contributed by atoms with Crippen LogP contribution in [0.3, 0.4) is 0 Å². The summed E-state index contributed by atoms with van der Waals surface area (Å²) in [5.41, 5.74) is 0. The van der Waals surface area contributed by atoms with E-state index >= 15 is 0 Å². The minimum absolute atomic E-state index is 0.430. The van der Waals surface area contributed by atoms with E-state index in [2.05, 4.69) is 10.2 Å². The molecule has 1 unspecified atom stereocenters. The first-order valence-corrected chi connectivity index (χ1v) is 5.25. The van der Waals surface area contributed by atoms with Gasteiger partial charge in [0.1, 0.15) is 6.04 Å². The van der Waals surface area contributed by atoms with Crippen LogP contribution in [0.5, 0.6) is 0 Å². The van der Waals surface area contributed by atoms with Gasteiger partial charge < -0.3 is 20.1 Å². The molecule has 0 aliphatic carbocycles. The van der Waals surface area contributed by atoms with Gasteiger partial charge in [-0.2, -0.15) is 0 Å². The van der Waals surface area contributed by atoms with Crippen LogP contribution in [0.4, 0.5) is 0 Å². The molecular formula is C10H22N2O3. The van der Waals surface area contributed by atoms with Crippen molar-refractivity contribution in [1.29, 1.82) is 0 Å². The van der Waals surface area contributed by atoms with Crippen molar-refractivity contribution in [2.24, 2.45) is 0 Å². The van der Waals surface area contributed by atoms with E-state index in [0.717, 1.165) is 13.1 Å². The van der Waals surface area contributed by atoms with E-state index < -0.39 is 12.0 Å². The number of aliphatic carboxylic acids is 1. The zero-order chi connectivity index (χ0) is 11.7. The average molecular weight is 218 g/mol. The minimum atomic E-state index is -0.781. The number of nitrogens with zero attached hydrogens (tertiary/aromatic N) is 1. The van der Waals surface area contributed by atoms with Crippen LogP contribution in [0.2, 0.25) is 0 Å². The van der Waals surface area contributed by atoms with Gasteiger partial charge in [-0.1, -0.05) is 6.92 Å². The lowest BCUT2D eigenvalue weighted by Crippen LogP contribution is -2.40. The Balaban J connectivity index is 3.54. The zero-order valence-corrected chi connectivity index (χ0v) is 9.82. The van der Waals surface area contributed by atoms with Crippen molar-refractivity contribution in [3.05, 3.63) is 0 Å². The summed E-state index contributed by atoms with van der Waals surface area (Å²) >= 11 is 0. The molecule has 0 saturated heterocycles. The summed E-state index contributed by atoms with van der Waals surface area (Å²) in [6.45, 7) is 4.94. The van der Waals surface area contributed by atoms with Crippen LogP contribution in [0.1, 0.15) is 13.3 Å². The third-order valence-corrected chi connectivity index (χ3v) is 2.27. The molecule has 0 saturated carbocycles. The minimum Gasteiger partial charge on any atom is -0.480 e. The largest absolute Gasteiger partial charge is 0.480 e. The Bertz CT molecular complexity index is 176. The zero-order valence-electron chi connectivity index (χ0n) is 9.82. The number of rotatable bonds is 9. The number of nitrogens with one attached hydrogen (secondary N) is 1. The van der Waals surface area contributed by atoms with Gasteiger partial charge in [0.05, 0.1) is 6.61 Å². The number of carboxylic acid groups (broad SMARTS) is 1. The summed E-state index contributed by atoms with van der Waals surface area (Å²) in [5, 5.41) is 11.8. The second-order valence-electron chi connectivity index (χ2n) is 3.55. The molecule has 0 rings (SSSR count). The summed E-state index contributed by atoms with van der Waals surface area (Å²) in [5.74, 6) is -0.781. The molecule has 0 spiro atoms. The maximum atomic E-state index is 10.7. The second kappa shape index (κ2) is 8.64. The number of hydrogen-bond donors (Lipinski definition) is 2. The van der Waals surface area contributed by atoms with Crippen molar-refractivity contribution in [1.82, 2.24) is 10.2 Å². The fraction of sp³-hybridized carbons (Fsp3) is 0.900. The second-order valence-corrected chi connectivity index (χ2v) is 3.55. The average Bonchev–Trinajstić information content (AvgIpc) is 2.20. The highest BCUT2D eigenvalue weighted by molar-refractivity contribution is 5.73. The van der Waals surface area contributed by atoms with E-state index in [-0.39, 0.29) is 0 Å². The molecule has 0 aromatic carbocycles. The van der Waals surface area contributed by atoms with Gasteiger partial charge in [0.15, 0.2) is 0 Å². The van der Waals surface area contributed by atoms with Crippen molar-refractivity contribution < 1.29 is 14.6 Å². The first-order valence-electron chi connectivity index (χ1n) is 5.25. The lowest BCUT2D eigenvalue weighted by atomic mass is 10.2. The van der Waals surface area contributed by atoms with Gasteiger partial charge in [0.25, 0.3) is 0 Å². The first kappa shape index (κ1) is 14.3. The highest BCUT2D eigenvalue weighted by Gasteiger charge is 2.13. The Kier molecular flexibility index (Phi) is 8.27. The Labute approximate surface area is 91.4 Å². The molecule has 0 aliphatic heterocycles. The van der Waals surface area contributed by atoms with Gasteiger partial charge in [0.2, 0.25) is 0 Å². The fourth-order valence-corrected chi connectivity index (χ4v) is 1.19. The van der Waals surface area contributed by atoms with Crippen LogP contribution < -0.4 is 5.32 Å². The molecule has 15 heavy (non-hydrogen) atoms. The highest BCUT2D eigenvalue weighted by atomic mass is 16.5. The molecule has 2 N–H and O–H groups in total.